The Morgan fingerprint density at radius 3 is 2.71 bits per heavy atom. The van der Waals surface area contributed by atoms with E-state index in [1.54, 1.807) is 6.33 Å². The lowest BCUT2D eigenvalue weighted by Crippen LogP contribution is -2.22. The third kappa shape index (κ3) is 2.97. The summed E-state index contributed by atoms with van der Waals surface area (Å²) < 4.78 is 0. The van der Waals surface area contributed by atoms with Crippen LogP contribution in [0.3, 0.4) is 0 Å². The summed E-state index contributed by atoms with van der Waals surface area (Å²) in [6.07, 6.45) is 7.90. The molecule has 0 saturated heterocycles. The van der Waals surface area contributed by atoms with E-state index >= 15 is 0 Å². The first-order valence-electron chi connectivity index (χ1n) is 9.85. The summed E-state index contributed by atoms with van der Waals surface area (Å²) in [4.78, 5) is 12.4. The van der Waals surface area contributed by atoms with Crippen LogP contribution in [0.5, 0.6) is 0 Å². The first kappa shape index (κ1) is 16.8. The predicted molar refractivity (Wildman–Crippen MR) is 112 cm³/mol. The molecule has 0 spiro atoms. The second-order valence-corrected chi connectivity index (χ2v) is 7.50. The van der Waals surface area contributed by atoms with E-state index in [9.17, 15) is 5.26 Å². The maximum Gasteiger partial charge on any atom is 0.143 e. The van der Waals surface area contributed by atoms with Gasteiger partial charge >= 0.3 is 0 Å². The van der Waals surface area contributed by atoms with Crippen molar-refractivity contribution in [3.05, 3.63) is 54.4 Å². The fraction of sp³-hybridized carbons (Fsp3) is 0.261. The number of anilines is 1. The highest BCUT2D eigenvalue weighted by Gasteiger charge is 2.17. The molecule has 4 aromatic rings. The molecular formula is C23H21N5. The van der Waals surface area contributed by atoms with E-state index in [4.69, 9.17) is 0 Å². The Bertz CT molecular complexity index is 1190. The van der Waals surface area contributed by atoms with Gasteiger partial charge in [-0.1, -0.05) is 37.5 Å². The largest absolute Gasteiger partial charge is 0.367 e. The van der Waals surface area contributed by atoms with Crippen molar-refractivity contribution in [2.75, 3.05) is 5.32 Å². The van der Waals surface area contributed by atoms with Gasteiger partial charge in [-0.05, 0) is 48.2 Å². The van der Waals surface area contributed by atoms with Gasteiger partial charge in [-0.3, -0.25) is 0 Å². The Morgan fingerprint density at radius 1 is 1.00 bits per heavy atom. The molecule has 28 heavy (non-hydrogen) atoms. The second-order valence-electron chi connectivity index (χ2n) is 7.50. The van der Waals surface area contributed by atoms with Gasteiger partial charge in [0, 0.05) is 16.9 Å². The molecule has 1 saturated carbocycles. The van der Waals surface area contributed by atoms with E-state index < -0.39 is 0 Å². The number of nitrogens with zero attached hydrogens (tertiary/aromatic N) is 3. The summed E-state index contributed by atoms with van der Waals surface area (Å²) in [5.74, 6) is 0.908. The molecule has 0 aliphatic heterocycles. The summed E-state index contributed by atoms with van der Waals surface area (Å²) in [5, 5.41) is 15.0. The summed E-state index contributed by atoms with van der Waals surface area (Å²) >= 11 is 0. The molecule has 5 heteroatoms. The number of hydrogen-bond donors (Lipinski definition) is 2. The van der Waals surface area contributed by atoms with Crippen LogP contribution in [-0.4, -0.2) is 21.0 Å². The van der Waals surface area contributed by atoms with Crippen LogP contribution in [0, 0.1) is 11.3 Å². The number of aromatic amines is 1. The SMILES string of the molecule is N#Cc1cccc(-c2ccc3[nH]c4ncnc(NC5CCCCC5)c4c3c2)c1. The molecule has 2 aromatic heterocycles. The lowest BCUT2D eigenvalue weighted by atomic mass is 9.95. The Labute approximate surface area is 163 Å². The summed E-state index contributed by atoms with van der Waals surface area (Å²) in [6, 6.07) is 16.7. The van der Waals surface area contributed by atoms with E-state index in [1.807, 2.05) is 24.3 Å². The van der Waals surface area contributed by atoms with Crippen molar-refractivity contribution in [1.82, 2.24) is 15.0 Å². The Hall–Kier alpha value is -3.39. The smallest absolute Gasteiger partial charge is 0.143 e. The molecule has 0 unspecified atom stereocenters. The summed E-state index contributed by atoms with van der Waals surface area (Å²) in [5.41, 5.74) is 4.68. The van der Waals surface area contributed by atoms with Gasteiger partial charge in [-0.15, -0.1) is 0 Å². The van der Waals surface area contributed by atoms with E-state index in [0.29, 0.717) is 11.6 Å². The van der Waals surface area contributed by atoms with Gasteiger partial charge in [-0.25, -0.2) is 9.97 Å². The molecule has 2 aromatic carbocycles. The fourth-order valence-corrected chi connectivity index (χ4v) is 4.22. The van der Waals surface area contributed by atoms with Crippen LogP contribution in [0.1, 0.15) is 37.7 Å². The molecule has 5 rings (SSSR count). The maximum atomic E-state index is 9.20. The van der Waals surface area contributed by atoms with Crippen LogP contribution in [0.25, 0.3) is 33.1 Å². The Balaban J connectivity index is 1.63. The van der Waals surface area contributed by atoms with E-state index in [0.717, 1.165) is 38.9 Å². The van der Waals surface area contributed by atoms with Gasteiger partial charge in [0.25, 0.3) is 0 Å². The lowest BCUT2D eigenvalue weighted by Gasteiger charge is -2.23. The minimum atomic E-state index is 0.479. The molecule has 2 N–H and O–H groups in total. The lowest BCUT2D eigenvalue weighted by molar-refractivity contribution is 0.462. The molecule has 0 atom stereocenters. The van der Waals surface area contributed by atoms with Crippen molar-refractivity contribution in [2.24, 2.45) is 0 Å². The van der Waals surface area contributed by atoms with Crippen LogP contribution >= 0.6 is 0 Å². The highest BCUT2D eigenvalue weighted by molar-refractivity contribution is 6.12. The number of benzene rings is 2. The Kier molecular flexibility index (Phi) is 4.17. The zero-order valence-electron chi connectivity index (χ0n) is 15.6. The topological polar surface area (TPSA) is 77.4 Å². The van der Waals surface area contributed by atoms with Crippen molar-refractivity contribution >= 4 is 27.8 Å². The number of aromatic nitrogens is 3. The van der Waals surface area contributed by atoms with Crippen LogP contribution in [-0.2, 0) is 0 Å². The molecule has 1 aliphatic rings. The van der Waals surface area contributed by atoms with E-state index in [2.05, 4.69) is 44.5 Å². The van der Waals surface area contributed by atoms with Crippen molar-refractivity contribution < 1.29 is 0 Å². The van der Waals surface area contributed by atoms with Gasteiger partial charge in [0.15, 0.2) is 0 Å². The number of fused-ring (bicyclic) bond motifs is 3. The van der Waals surface area contributed by atoms with Crippen LogP contribution in [0.2, 0.25) is 0 Å². The first-order valence-corrected chi connectivity index (χ1v) is 9.85. The van der Waals surface area contributed by atoms with Crippen molar-refractivity contribution in [2.45, 2.75) is 38.1 Å². The number of nitriles is 1. The normalized spacial score (nSPS) is 15.0. The van der Waals surface area contributed by atoms with E-state index in [-0.39, 0.29) is 0 Å². The van der Waals surface area contributed by atoms with Gasteiger partial charge in [0.05, 0.1) is 17.0 Å². The van der Waals surface area contributed by atoms with Crippen LogP contribution in [0.15, 0.2) is 48.8 Å². The quantitative estimate of drug-likeness (QED) is 0.508. The van der Waals surface area contributed by atoms with Gasteiger partial charge in [-0.2, -0.15) is 5.26 Å². The second kappa shape index (κ2) is 6.97. The van der Waals surface area contributed by atoms with Gasteiger partial charge in [0.1, 0.15) is 17.8 Å². The molecule has 1 fully saturated rings. The molecule has 138 valence electrons. The van der Waals surface area contributed by atoms with Crippen LogP contribution in [0.4, 0.5) is 5.82 Å². The van der Waals surface area contributed by atoms with Gasteiger partial charge < -0.3 is 10.3 Å². The average molecular weight is 367 g/mol. The van der Waals surface area contributed by atoms with Crippen molar-refractivity contribution in [1.29, 1.82) is 5.26 Å². The summed E-state index contributed by atoms with van der Waals surface area (Å²) in [6.45, 7) is 0. The average Bonchev–Trinajstić information content (AvgIpc) is 3.13. The number of hydrogen-bond acceptors (Lipinski definition) is 4. The first-order chi connectivity index (χ1) is 13.8. The highest BCUT2D eigenvalue weighted by atomic mass is 15.1. The van der Waals surface area contributed by atoms with Crippen molar-refractivity contribution in [3.63, 3.8) is 0 Å². The number of H-pyrrole nitrogens is 1. The fourth-order valence-electron chi connectivity index (χ4n) is 4.22. The maximum absolute atomic E-state index is 9.20. The molecule has 1 aliphatic carbocycles. The van der Waals surface area contributed by atoms with E-state index in [1.165, 1.54) is 32.1 Å². The molecule has 0 bridgehead atoms. The number of nitrogens with one attached hydrogen (secondary N) is 2. The summed E-state index contributed by atoms with van der Waals surface area (Å²) in [7, 11) is 0. The molecular weight excluding hydrogens is 346 g/mol. The zero-order chi connectivity index (χ0) is 18.9. The standard InChI is InChI=1S/C23H21N5/c24-13-15-5-4-6-16(11-15)17-9-10-20-19(12-17)21-22(25-14-26-23(21)28-20)27-18-7-2-1-3-8-18/h4-6,9-12,14,18H,1-3,7-8H2,(H2,25,26,27,28). The minimum absolute atomic E-state index is 0.479. The number of rotatable bonds is 3. The van der Waals surface area contributed by atoms with Gasteiger partial charge in [0.2, 0.25) is 0 Å². The third-order valence-electron chi connectivity index (χ3n) is 5.66. The molecule has 2 heterocycles. The minimum Gasteiger partial charge on any atom is -0.367 e. The Morgan fingerprint density at radius 2 is 1.86 bits per heavy atom. The van der Waals surface area contributed by atoms with Crippen molar-refractivity contribution in [3.8, 4) is 17.2 Å². The van der Waals surface area contributed by atoms with Crippen LogP contribution < -0.4 is 5.32 Å². The molecule has 0 radical (unpaired) electrons. The predicted octanol–water partition coefficient (Wildman–Crippen LogP) is 5.39. The highest BCUT2D eigenvalue weighted by Crippen LogP contribution is 2.33. The zero-order valence-corrected chi connectivity index (χ0v) is 15.6. The molecule has 5 nitrogen and oxygen atoms in total. The molecule has 0 amide bonds. The monoisotopic (exact) mass is 367 g/mol. The third-order valence-corrected chi connectivity index (χ3v) is 5.66.